The van der Waals surface area contributed by atoms with Crippen molar-refractivity contribution in [1.82, 2.24) is 25.8 Å². The highest BCUT2D eigenvalue weighted by molar-refractivity contribution is 5.90. The minimum Gasteiger partial charge on any atom is -0.480 e. The zero-order valence-corrected chi connectivity index (χ0v) is 33.2. The zero-order chi connectivity index (χ0) is 39.3. The second-order valence-electron chi connectivity index (χ2n) is 14.9. The molecule has 0 aliphatic carbocycles. The van der Waals surface area contributed by atoms with Gasteiger partial charge in [-0.3, -0.25) is 19.2 Å². The van der Waals surface area contributed by atoms with Crippen molar-refractivity contribution >= 4 is 29.6 Å². The number of aliphatic carboxylic acids is 1. The summed E-state index contributed by atoms with van der Waals surface area (Å²) in [5.41, 5.74) is 0.785. The zero-order valence-electron chi connectivity index (χ0n) is 33.2. The SMILES string of the molecule is CC[C@H](C)C([C@@H](CC(=O)N1CCC[C@H]1C(OC)[C@@H](C)C(=O)NC(Cc1ccccc1)C(=O)O)OC)N(C)C(=O)[C@@H](NC(=O)[C@@H](NC)C(C)C)C(C)C. The summed E-state index contributed by atoms with van der Waals surface area (Å²) in [6, 6.07) is 5.84. The van der Waals surface area contributed by atoms with Crippen LogP contribution in [0.3, 0.4) is 0 Å². The highest BCUT2D eigenvalue weighted by Crippen LogP contribution is 2.29. The Labute approximate surface area is 310 Å². The third-order valence-corrected chi connectivity index (χ3v) is 10.6. The Morgan fingerprint density at radius 3 is 2.04 bits per heavy atom. The minimum atomic E-state index is -1.14. The smallest absolute Gasteiger partial charge is 0.326 e. The molecule has 2 rings (SSSR count). The molecule has 1 aliphatic heterocycles. The maximum Gasteiger partial charge on any atom is 0.326 e. The first-order chi connectivity index (χ1) is 24.5. The molecule has 1 aromatic carbocycles. The van der Waals surface area contributed by atoms with Crippen molar-refractivity contribution in [2.75, 3.05) is 34.9 Å². The molecule has 52 heavy (non-hydrogen) atoms. The van der Waals surface area contributed by atoms with Gasteiger partial charge in [-0.15, -0.1) is 0 Å². The number of nitrogens with one attached hydrogen (secondary N) is 3. The number of nitrogens with zero attached hydrogens (tertiary/aromatic N) is 2. The Kier molecular flexibility index (Phi) is 18.2. The molecule has 3 unspecified atom stereocenters. The van der Waals surface area contributed by atoms with Crippen molar-refractivity contribution in [2.45, 2.75) is 123 Å². The molecule has 13 nitrogen and oxygen atoms in total. The van der Waals surface area contributed by atoms with Gasteiger partial charge in [0.15, 0.2) is 0 Å². The fourth-order valence-corrected chi connectivity index (χ4v) is 7.40. The van der Waals surface area contributed by atoms with Crippen molar-refractivity contribution in [1.29, 1.82) is 0 Å². The summed E-state index contributed by atoms with van der Waals surface area (Å²) in [6.45, 7) is 13.9. The first kappa shape index (κ1) is 44.6. The van der Waals surface area contributed by atoms with Crippen LogP contribution < -0.4 is 16.0 Å². The van der Waals surface area contributed by atoms with Crippen molar-refractivity contribution in [3.05, 3.63) is 35.9 Å². The molecule has 4 amide bonds. The number of rotatable bonds is 21. The summed E-state index contributed by atoms with van der Waals surface area (Å²) in [5.74, 6) is -3.27. The number of carboxylic acids is 1. The summed E-state index contributed by atoms with van der Waals surface area (Å²) in [6.07, 6.45) is 0.818. The maximum atomic E-state index is 14.1. The Morgan fingerprint density at radius 2 is 1.54 bits per heavy atom. The molecular formula is C39H65N5O8. The predicted molar refractivity (Wildman–Crippen MR) is 200 cm³/mol. The first-order valence-electron chi connectivity index (χ1n) is 18.7. The van der Waals surface area contributed by atoms with Crippen molar-refractivity contribution in [3.8, 4) is 0 Å². The largest absolute Gasteiger partial charge is 0.480 e. The summed E-state index contributed by atoms with van der Waals surface area (Å²) in [7, 11) is 6.46. The van der Waals surface area contributed by atoms with E-state index in [-0.39, 0.29) is 48.3 Å². The third-order valence-electron chi connectivity index (χ3n) is 10.6. The van der Waals surface area contributed by atoms with Gasteiger partial charge in [0, 0.05) is 34.2 Å². The number of likely N-dealkylation sites (N-methyl/N-ethyl adjacent to an activating group) is 2. The summed E-state index contributed by atoms with van der Waals surface area (Å²) >= 11 is 0. The highest BCUT2D eigenvalue weighted by atomic mass is 16.5. The second kappa shape index (κ2) is 21.2. The molecule has 0 saturated carbocycles. The van der Waals surface area contributed by atoms with Gasteiger partial charge in [-0.05, 0) is 43.2 Å². The number of hydrogen-bond acceptors (Lipinski definition) is 8. The molecule has 0 radical (unpaired) electrons. The average molecular weight is 732 g/mol. The molecular weight excluding hydrogens is 666 g/mol. The van der Waals surface area contributed by atoms with Crippen LogP contribution in [0.15, 0.2) is 30.3 Å². The van der Waals surface area contributed by atoms with E-state index in [1.54, 1.807) is 30.8 Å². The van der Waals surface area contributed by atoms with E-state index in [0.717, 1.165) is 12.0 Å². The lowest BCUT2D eigenvalue weighted by molar-refractivity contribution is -0.148. The van der Waals surface area contributed by atoms with Gasteiger partial charge in [-0.25, -0.2) is 4.79 Å². The highest BCUT2D eigenvalue weighted by Gasteiger charge is 2.43. The lowest BCUT2D eigenvalue weighted by Gasteiger charge is -2.41. The van der Waals surface area contributed by atoms with Crippen LogP contribution in [-0.2, 0) is 39.9 Å². The molecule has 1 aliphatic rings. The molecule has 13 heteroatoms. The third kappa shape index (κ3) is 11.7. The lowest BCUT2D eigenvalue weighted by atomic mass is 9.89. The van der Waals surface area contributed by atoms with Gasteiger partial charge >= 0.3 is 5.97 Å². The molecule has 4 N–H and O–H groups in total. The number of carbonyl (C=O) groups excluding carboxylic acids is 4. The van der Waals surface area contributed by atoms with Crippen molar-refractivity contribution in [3.63, 3.8) is 0 Å². The Bertz CT molecular complexity index is 1310. The summed E-state index contributed by atoms with van der Waals surface area (Å²) in [5, 5.41) is 18.5. The second-order valence-corrected chi connectivity index (χ2v) is 14.9. The molecule has 1 saturated heterocycles. The standard InChI is InChI=1S/C39H65N5O8/c1-12-25(6)34(43(9)38(48)33(24(4)5)42-37(47)32(40-8)23(2)3)30(51-10)22-31(45)44-20-16-19-29(44)35(52-11)26(7)36(46)41-28(39(49)50)21-27-17-14-13-15-18-27/h13-15,17-18,23-26,28-30,32-35,40H,12,16,19-22H2,1-11H3,(H,41,46)(H,42,47)(H,49,50)/t25-,26+,28?,29-,30+,32-,33-,34?,35?/m0/s1. The van der Waals surface area contributed by atoms with Crippen LogP contribution in [0.5, 0.6) is 0 Å². The van der Waals surface area contributed by atoms with Crippen molar-refractivity contribution < 1.29 is 38.6 Å². The van der Waals surface area contributed by atoms with E-state index in [1.807, 2.05) is 71.9 Å². The van der Waals surface area contributed by atoms with Gasteiger partial charge in [-0.1, -0.05) is 85.2 Å². The monoisotopic (exact) mass is 731 g/mol. The number of carboxylic acid groups (broad SMARTS) is 1. The average Bonchev–Trinajstić information content (AvgIpc) is 3.59. The molecule has 9 atom stereocenters. The molecule has 1 fully saturated rings. The summed E-state index contributed by atoms with van der Waals surface area (Å²) in [4.78, 5) is 70.3. The van der Waals surface area contributed by atoms with Gasteiger partial charge in [0.05, 0.1) is 42.7 Å². The number of carbonyl (C=O) groups is 5. The number of methoxy groups -OCH3 is 2. The van der Waals surface area contributed by atoms with Crippen LogP contribution in [0.2, 0.25) is 0 Å². The molecule has 0 spiro atoms. The molecule has 1 aromatic rings. The van der Waals surface area contributed by atoms with E-state index >= 15 is 0 Å². The van der Waals surface area contributed by atoms with Gasteiger partial charge in [0.25, 0.3) is 0 Å². The number of hydrogen-bond donors (Lipinski definition) is 4. The molecule has 0 bridgehead atoms. The fraction of sp³-hybridized carbons (Fsp3) is 0.718. The van der Waals surface area contributed by atoms with Crippen LogP contribution >= 0.6 is 0 Å². The van der Waals surface area contributed by atoms with Crippen LogP contribution in [0.1, 0.15) is 79.7 Å². The lowest BCUT2D eigenvalue weighted by Crippen LogP contribution is -2.59. The number of benzene rings is 1. The minimum absolute atomic E-state index is 0.0112. The maximum absolute atomic E-state index is 14.1. The van der Waals surface area contributed by atoms with Crippen LogP contribution in [0.4, 0.5) is 0 Å². The first-order valence-corrected chi connectivity index (χ1v) is 18.7. The fourth-order valence-electron chi connectivity index (χ4n) is 7.40. The van der Waals surface area contributed by atoms with Crippen LogP contribution in [0.25, 0.3) is 0 Å². The van der Waals surface area contributed by atoms with Gasteiger partial charge in [0.2, 0.25) is 23.6 Å². The topological polar surface area (TPSA) is 167 Å². The van der Waals surface area contributed by atoms with E-state index in [4.69, 9.17) is 9.47 Å². The van der Waals surface area contributed by atoms with E-state index in [9.17, 15) is 29.1 Å². The van der Waals surface area contributed by atoms with E-state index in [1.165, 1.54) is 14.2 Å². The number of amides is 4. The number of ether oxygens (including phenoxy) is 2. The predicted octanol–water partition coefficient (Wildman–Crippen LogP) is 3.10. The Balaban J connectivity index is 2.26. The Hall–Kier alpha value is -3.55. The van der Waals surface area contributed by atoms with E-state index in [2.05, 4.69) is 16.0 Å². The molecule has 294 valence electrons. The van der Waals surface area contributed by atoms with Gasteiger partial charge in [0.1, 0.15) is 12.1 Å². The van der Waals surface area contributed by atoms with Crippen molar-refractivity contribution in [2.24, 2.45) is 23.7 Å². The number of likely N-dealkylation sites (tertiary alicyclic amines) is 1. The normalized spacial score (nSPS) is 19.2. The van der Waals surface area contributed by atoms with E-state index in [0.29, 0.717) is 19.4 Å². The van der Waals surface area contributed by atoms with Crippen LogP contribution in [0, 0.1) is 23.7 Å². The quantitative estimate of drug-likeness (QED) is 0.149. The van der Waals surface area contributed by atoms with Crippen LogP contribution in [-0.4, -0.2) is 122 Å². The summed E-state index contributed by atoms with van der Waals surface area (Å²) < 4.78 is 11.8. The van der Waals surface area contributed by atoms with E-state index < -0.39 is 60.2 Å². The van der Waals surface area contributed by atoms with Gasteiger partial charge < -0.3 is 40.3 Å². The Morgan fingerprint density at radius 1 is 0.923 bits per heavy atom. The molecule has 1 heterocycles. The molecule has 0 aromatic heterocycles. The van der Waals surface area contributed by atoms with Gasteiger partial charge in [-0.2, -0.15) is 0 Å².